The van der Waals surface area contributed by atoms with Crippen LogP contribution >= 0.6 is 0 Å². The maximum Gasteiger partial charge on any atom is 0.0163 e. The summed E-state index contributed by atoms with van der Waals surface area (Å²) < 4.78 is 0. The van der Waals surface area contributed by atoms with Crippen LogP contribution in [-0.4, -0.2) is 24.5 Å². The first kappa shape index (κ1) is 11.7. The zero-order chi connectivity index (χ0) is 9.23. The molecule has 0 fully saturated rings. The van der Waals surface area contributed by atoms with Crippen molar-refractivity contribution < 1.29 is 0 Å². The number of rotatable bonds is 7. The van der Waals surface area contributed by atoms with Crippen molar-refractivity contribution in [3.8, 4) is 0 Å². The Morgan fingerprint density at radius 3 is 2.33 bits per heavy atom. The number of allylic oxidation sites excluding steroid dienone is 1. The van der Waals surface area contributed by atoms with E-state index < -0.39 is 0 Å². The van der Waals surface area contributed by atoms with Crippen LogP contribution in [0.5, 0.6) is 0 Å². The zero-order valence-corrected chi connectivity index (χ0v) is 8.84. The molecule has 0 bridgehead atoms. The first-order valence-electron chi connectivity index (χ1n) is 5.18. The summed E-state index contributed by atoms with van der Waals surface area (Å²) in [6.07, 6.45) is 8.27. The molecule has 1 heteroatoms. The van der Waals surface area contributed by atoms with E-state index in [2.05, 4.69) is 37.8 Å². The monoisotopic (exact) mass is 169 g/mol. The Kier molecular flexibility index (Phi) is 8.57. The lowest BCUT2D eigenvalue weighted by Gasteiger charge is -2.19. The molecule has 0 heterocycles. The maximum atomic E-state index is 2.52. The Hall–Kier alpha value is -0.300. The van der Waals surface area contributed by atoms with Crippen LogP contribution in [0.4, 0.5) is 0 Å². The average Bonchev–Trinajstić information content (AvgIpc) is 2.10. The molecule has 0 spiro atoms. The van der Waals surface area contributed by atoms with Crippen LogP contribution in [0.3, 0.4) is 0 Å². The molecule has 72 valence electrons. The zero-order valence-electron chi connectivity index (χ0n) is 8.84. The molecule has 0 aliphatic heterocycles. The molecule has 0 N–H and O–H groups in total. The molecule has 1 nitrogen and oxygen atoms in total. The lowest BCUT2D eigenvalue weighted by atomic mass is 10.3. The van der Waals surface area contributed by atoms with Gasteiger partial charge in [-0.2, -0.15) is 0 Å². The van der Waals surface area contributed by atoms with Crippen molar-refractivity contribution in [2.24, 2.45) is 0 Å². The standard InChI is InChI=1S/C11H23N/c1-4-7-10-12(9-6-3)11-8-5-2/h4,7H,5-6,8-11H2,1-3H3. The van der Waals surface area contributed by atoms with E-state index in [9.17, 15) is 0 Å². The first-order chi connectivity index (χ1) is 5.85. The van der Waals surface area contributed by atoms with Crippen LogP contribution in [-0.2, 0) is 0 Å². The van der Waals surface area contributed by atoms with Gasteiger partial charge in [-0.05, 0) is 32.9 Å². The van der Waals surface area contributed by atoms with Crippen LogP contribution in [0, 0.1) is 0 Å². The highest BCUT2D eigenvalue weighted by atomic mass is 15.1. The summed E-state index contributed by atoms with van der Waals surface area (Å²) in [6, 6.07) is 0. The lowest BCUT2D eigenvalue weighted by molar-refractivity contribution is 0.298. The fourth-order valence-electron chi connectivity index (χ4n) is 1.25. The molecule has 0 amide bonds. The van der Waals surface area contributed by atoms with Gasteiger partial charge in [-0.3, -0.25) is 4.90 Å². The van der Waals surface area contributed by atoms with Gasteiger partial charge in [-0.25, -0.2) is 0 Å². The Bertz CT molecular complexity index is 108. The van der Waals surface area contributed by atoms with Crippen LogP contribution < -0.4 is 0 Å². The Morgan fingerprint density at radius 1 is 1.08 bits per heavy atom. The van der Waals surface area contributed by atoms with Crippen molar-refractivity contribution in [3.05, 3.63) is 12.2 Å². The van der Waals surface area contributed by atoms with Gasteiger partial charge in [0.25, 0.3) is 0 Å². The molecule has 0 aromatic rings. The summed E-state index contributed by atoms with van der Waals surface area (Å²) in [5.74, 6) is 0. The molecular weight excluding hydrogens is 146 g/mol. The normalized spacial score (nSPS) is 11.7. The van der Waals surface area contributed by atoms with Gasteiger partial charge in [0, 0.05) is 6.54 Å². The minimum atomic E-state index is 1.13. The van der Waals surface area contributed by atoms with E-state index in [0.29, 0.717) is 0 Å². The van der Waals surface area contributed by atoms with Crippen molar-refractivity contribution >= 4 is 0 Å². The maximum absolute atomic E-state index is 2.52. The summed E-state index contributed by atoms with van der Waals surface area (Å²) in [4.78, 5) is 2.52. The third kappa shape index (κ3) is 6.41. The van der Waals surface area contributed by atoms with E-state index in [4.69, 9.17) is 0 Å². The molecule has 0 atom stereocenters. The first-order valence-corrected chi connectivity index (χ1v) is 5.18. The topological polar surface area (TPSA) is 3.24 Å². The van der Waals surface area contributed by atoms with Crippen LogP contribution in [0.1, 0.15) is 40.0 Å². The Morgan fingerprint density at radius 2 is 1.83 bits per heavy atom. The third-order valence-electron chi connectivity index (χ3n) is 1.97. The fourth-order valence-corrected chi connectivity index (χ4v) is 1.25. The van der Waals surface area contributed by atoms with Crippen molar-refractivity contribution in [2.75, 3.05) is 19.6 Å². The van der Waals surface area contributed by atoms with Gasteiger partial charge in [0.15, 0.2) is 0 Å². The van der Waals surface area contributed by atoms with Crippen molar-refractivity contribution in [1.82, 2.24) is 4.90 Å². The molecule has 0 aliphatic rings. The Labute approximate surface area is 77.5 Å². The second kappa shape index (κ2) is 8.79. The van der Waals surface area contributed by atoms with Crippen LogP contribution in [0.2, 0.25) is 0 Å². The average molecular weight is 169 g/mol. The fraction of sp³-hybridized carbons (Fsp3) is 0.818. The molecule has 0 saturated carbocycles. The molecule has 0 aliphatic carbocycles. The SMILES string of the molecule is CC=CCN(CCC)CCCC. The third-order valence-corrected chi connectivity index (χ3v) is 1.97. The minimum Gasteiger partial charge on any atom is -0.300 e. The predicted octanol–water partition coefficient (Wildman–Crippen LogP) is 3.07. The number of unbranched alkanes of at least 4 members (excludes halogenated alkanes) is 1. The van der Waals surface area contributed by atoms with Crippen LogP contribution in [0.25, 0.3) is 0 Å². The van der Waals surface area contributed by atoms with Crippen molar-refractivity contribution in [3.63, 3.8) is 0 Å². The summed E-state index contributed by atoms with van der Waals surface area (Å²) in [5, 5.41) is 0. The Balaban J connectivity index is 3.53. The summed E-state index contributed by atoms with van der Waals surface area (Å²) >= 11 is 0. The molecule has 0 radical (unpaired) electrons. The smallest absolute Gasteiger partial charge is 0.0163 e. The summed E-state index contributed by atoms with van der Waals surface area (Å²) in [7, 11) is 0. The van der Waals surface area contributed by atoms with E-state index in [1.54, 1.807) is 0 Å². The van der Waals surface area contributed by atoms with Gasteiger partial charge < -0.3 is 0 Å². The van der Waals surface area contributed by atoms with E-state index in [1.165, 1.54) is 32.4 Å². The predicted molar refractivity (Wildman–Crippen MR) is 56.5 cm³/mol. The van der Waals surface area contributed by atoms with E-state index in [-0.39, 0.29) is 0 Å². The van der Waals surface area contributed by atoms with Gasteiger partial charge >= 0.3 is 0 Å². The summed E-state index contributed by atoms with van der Waals surface area (Å²) in [5.41, 5.74) is 0. The molecule has 0 saturated heterocycles. The highest BCUT2D eigenvalue weighted by molar-refractivity contribution is 4.80. The van der Waals surface area contributed by atoms with E-state index >= 15 is 0 Å². The molecule has 0 rings (SSSR count). The highest BCUT2D eigenvalue weighted by Gasteiger charge is 1.98. The van der Waals surface area contributed by atoms with Gasteiger partial charge in [-0.1, -0.05) is 32.4 Å². The second-order valence-electron chi connectivity index (χ2n) is 3.22. The highest BCUT2D eigenvalue weighted by Crippen LogP contribution is 1.96. The summed E-state index contributed by atoms with van der Waals surface area (Å²) in [6.45, 7) is 10.2. The van der Waals surface area contributed by atoms with Gasteiger partial charge in [0.1, 0.15) is 0 Å². The minimum absolute atomic E-state index is 1.13. The molecule has 12 heavy (non-hydrogen) atoms. The van der Waals surface area contributed by atoms with Gasteiger partial charge in [0.05, 0.1) is 0 Å². The number of nitrogens with zero attached hydrogens (tertiary/aromatic N) is 1. The van der Waals surface area contributed by atoms with Crippen molar-refractivity contribution in [1.29, 1.82) is 0 Å². The lowest BCUT2D eigenvalue weighted by Crippen LogP contribution is -2.25. The van der Waals surface area contributed by atoms with E-state index in [0.717, 1.165) is 6.54 Å². The largest absolute Gasteiger partial charge is 0.300 e. The molecule has 0 aromatic heterocycles. The van der Waals surface area contributed by atoms with Crippen molar-refractivity contribution in [2.45, 2.75) is 40.0 Å². The number of hydrogen-bond acceptors (Lipinski definition) is 1. The van der Waals surface area contributed by atoms with E-state index in [1.807, 2.05) is 0 Å². The molecule has 0 aromatic carbocycles. The molecule has 0 unspecified atom stereocenters. The van der Waals surface area contributed by atoms with Gasteiger partial charge in [0.2, 0.25) is 0 Å². The van der Waals surface area contributed by atoms with Gasteiger partial charge in [-0.15, -0.1) is 0 Å². The molecular formula is C11H23N. The van der Waals surface area contributed by atoms with Crippen LogP contribution in [0.15, 0.2) is 12.2 Å². The second-order valence-corrected chi connectivity index (χ2v) is 3.22. The number of hydrogen-bond donors (Lipinski definition) is 0. The quantitative estimate of drug-likeness (QED) is 0.529.